The normalized spacial score (nSPS) is 14.1. The third-order valence-electron chi connectivity index (χ3n) is 5.36. The van der Waals surface area contributed by atoms with Crippen LogP contribution in [-0.4, -0.2) is 33.7 Å². The predicted octanol–water partition coefficient (Wildman–Crippen LogP) is 6.00. The van der Waals surface area contributed by atoms with Crippen LogP contribution in [0.4, 0.5) is 13.2 Å². The van der Waals surface area contributed by atoms with Crippen molar-refractivity contribution in [3.8, 4) is 0 Å². The number of fused-ring (bicyclic) bond motifs is 1. The first-order valence-corrected chi connectivity index (χ1v) is 12.5. The summed E-state index contributed by atoms with van der Waals surface area (Å²) >= 11 is 2.86. The largest absolute Gasteiger partial charge is 0.466 e. The molecule has 0 radical (unpaired) electrons. The topological polar surface area (TPSA) is 61.2 Å². The first-order chi connectivity index (χ1) is 15.7. The zero-order valence-electron chi connectivity index (χ0n) is 18.0. The van der Waals surface area contributed by atoms with Crippen LogP contribution < -0.4 is 0 Å². The molecule has 0 saturated heterocycles. The highest BCUT2D eigenvalue weighted by molar-refractivity contribution is 8.01. The Morgan fingerprint density at radius 1 is 1.30 bits per heavy atom. The summed E-state index contributed by atoms with van der Waals surface area (Å²) in [6.45, 7) is 2.73. The number of ketones is 1. The maximum absolute atomic E-state index is 13.2. The van der Waals surface area contributed by atoms with E-state index in [4.69, 9.17) is 4.74 Å². The average molecular weight is 497 g/mol. The number of Topliss-reactive ketones (excluding diaryl/α,β-unsaturated/α-hetero) is 1. The van der Waals surface area contributed by atoms with E-state index in [2.05, 4.69) is 4.98 Å². The van der Waals surface area contributed by atoms with Gasteiger partial charge in [-0.1, -0.05) is 6.07 Å². The fourth-order valence-corrected chi connectivity index (χ4v) is 5.58. The van der Waals surface area contributed by atoms with E-state index in [-0.39, 0.29) is 18.2 Å². The smallest absolute Gasteiger partial charge is 0.416 e. The molecule has 176 valence electrons. The lowest BCUT2D eigenvalue weighted by Gasteiger charge is -2.08. The van der Waals surface area contributed by atoms with Crippen LogP contribution in [0.2, 0.25) is 0 Å². The van der Waals surface area contributed by atoms with Gasteiger partial charge in [-0.2, -0.15) is 13.2 Å². The number of ether oxygens (including phenoxy) is 1. The first-order valence-electron chi connectivity index (χ1n) is 10.7. The van der Waals surface area contributed by atoms with Gasteiger partial charge in [0, 0.05) is 35.0 Å². The molecule has 0 unspecified atom stereocenters. The van der Waals surface area contributed by atoms with Gasteiger partial charge in [0.2, 0.25) is 0 Å². The molecule has 2 aromatic heterocycles. The molecule has 5 nitrogen and oxygen atoms in total. The molecule has 0 aliphatic heterocycles. The van der Waals surface area contributed by atoms with E-state index in [1.807, 2.05) is 0 Å². The lowest BCUT2D eigenvalue weighted by atomic mass is 10.1. The Labute approximate surface area is 197 Å². The minimum Gasteiger partial charge on any atom is -0.466 e. The highest BCUT2D eigenvalue weighted by atomic mass is 32.2. The molecule has 0 amide bonds. The van der Waals surface area contributed by atoms with Gasteiger partial charge in [-0.25, -0.2) is 4.98 Å². The van der Waals surface area contributed by atoms with Gasteiger partial charge >= 0.3 is 12.1 Å². The number of rotatable bonds is 10. The molecule has 4 rings (SSSR count). The lowest BCUT2D eigenvalue weighted by molar-refractivity contribution is -0.142. The van der Waals surface area contributed by atoms with Crippen molar-refractivity contribution in [3.63, 3.8) is 0 Å². The zero-order valence-corrected chi connectivity index (χ0v) is 19.6. The number of aromatic nitrogens is 2. The molecule has 0 bridgehead atoms. The van der Waals surface area contributed by atoms with Gasteiger partial charge in [0.1, 0.15) is 5.01 Å². The van der Waals surface area contributed by atoms with Gasteiger partial charge in [-0.15, -0.1) is 23.1 Å². The van der Waals surface area contributed by atoms with E-state index in [1.165, 1.54) is 29.2 Å². The molecule has 1 aliphatic carbocycles. The molecule has 10 heteroatoms. The Morgan fingerprint density at radius 3 is 2.79 bits per heavy atom. The lowest BCUT2D eigenvalue weighted by Crippen LogP contribution is -2.05. The Balaban J connectivity index is 1.49. The SMILES string of the molecule is CCOC(=O)CCSc1cnc(CC(=O)c2cn(CC3CC3)c3cc(C(F)(F)F)ccc23)s1. The standard InChI is InChI=1S/C23H23F3N2O3S2/c1-2-31-21(30)7-8-32-22-11-27-20(33-22)10-19(29)17-13-28(12-14-3-4-14)18-9-15(23(24,25)26)5-6-16(17)18/h5-6,9,11,13-14H,2-4,7-8,10,12H2,1H3. The van der Waals surface area contributed by atoms with Crippen molar-refractivity contribution in [3.05, 3.63) is 46.7 Å². The summed E-state index contributed by atoms with van der Waals surface area (Å²) in [4.78, 5) is 28.8. The number of halogens is 3. The Morgan fingerprint density at radius 2 is 2.09 bits per heavy atom. The number of carbonyl (C=O) groups is 2. The average Bonchev–Trinajstić information content (AvgIpc) is 3.34. The minimum atomic E-state index is -4.44. The summed E-state index contributed by atoms with van der Waals surface area (Å²) in [5.74, 6) is 0.587. The second-order valence-corrected chi connectivity index (χ2v) is 10.5. The highest BCUT2D eigenvalue weighted by Crippen LogP contribution is 2.36. The maximum atomic E-state index is 13.2. The van der Waals surface area contributed by atoms with E-state index in [0.717, 1.165) is 29.2 Å². The van der Waals surface area contributed by atoms with Crippen LogP contribution in [0.25, 0.3) is 10.9 Å². The van der Waals surface area contributed by atoms with E-state index in [9.17, 15) is 22.8 Å². The zero-order chi connectivity index (χ0) is 23.6. The number of alkyl halides is 3. The van der Waals surface area contributed by atoms with Crippen LogP contribution in [-0.2, 0) is 28.7 Å². The summed E-state index contributed by atoms with van der Waals surface area (Å²) in [5.41, 5.74) is 0.147. The van der Waals surface area contributed by atoms with Gasteiger partial charge in [-0.05, 0) is 37.8 Å². The molecule has 3 aromatic rings. The van der Waals surface area contributed by atoms with Crippen LogP contribution in [0.15, 0.2) is 34.8 Å². The molecule has 2 heterocycles. The second kappa shape index (κ2) is 9.89. The summed E-state index contributed by atoms with van der Waals surface area (Å²) in [7, 11) is 0. The van der Waals surface area contributed by atoms with Crippen LogP contribution in [0.1, 0.15) is 47.1 Å². The van der Waals surface area contributed by atoms with Crippen LogP contribution in [0.3, 0.4) is 0 Å². The Kier molecular flexibility index (Phi) is 7.13. The molecule has 1 aliphatic rings. The van der Waals surface area contributed by atoms with Crippen molar-refractivity contribution in [1.29, 1.82) is 0 Å². The highest BCUT2D eigenvalue weighted by Gasteiger charge is 2.32. The maximum Gasteiger partial charge on any atom is 0.416 e. The summed E-state index contributed by atoms with van der Waals surface area (Å²) in [6.07, 6.45) is 1.41. The van der Waals surface area contributed by atoms with E-state index in [1.54, 1.807) is 23.9 Å². The third kappa shape index (κ3) is 5.97. The number of hydrogen-bond donors (Lipinski definition) is 0. The first kappa shape index (κ1) is 23.8. The van der Waals surface area contributed by atoms with Crippen LogP contribution in [0, 0.1) is 5.92 Å². The molecular formula is C23H23F3N2O3S2. The van der Waals surface area contributed by atoms with E-state index < -0.39 is 11.7 Å². The number of thioether (sulfide) groups is 1. The van der Waals surface area contributed by atoms with Crippen molar-refractivity contribution < 1.29 is 27.5 Å². The monoisotopic (exact) mass is 496 g/mol. The van der Waals surface area contributed by atoms with Crippen LogP contribution >= 0.6 is 23.1 Å². The van der Waals surface area contributed by atoms with Crippen molar-refractivity contribution in [2.75, 3.05) is 12.4 Å². The molecule has 0 atom stereocenters. The van der Waals surface area contributed by atoms with Crippen LogP contribution in [0.5, 0.6) is 0 Å². The number of carbonyl (C=O) groups excluding carboxylic acids is 2. The Bertz CT molecular complexity index is 1170. The summed E-state index contributed by atoms with van der Waals surface area (Å²) in [6, 6.07) is 3.56. The van der Waals surface area contributed by atoms with E-state index in [0.29, 0.717) is 52.7 Å². The van der Waals surface area contributed by atoms with Gasteiger partial charge in [-0.3, -0.25) is 9.59 Å². The molecule has 0 spiro atoms. The number of thiazole rings is 1. The molecular weight excluding hydrogens is 473 g/mol. The molecule has 33 heavy (non-hydrogen) atoms. The number of benzene rings is 1. The summed E-state index contributed by atoms with van der Waals surface area (Å²) < 4.78 is 47.3. The quantitative estimate of drug-likeness (QED) is 0.196. The fraction of sp³-hybridized carbons (Fsp3) is 0.435. The third-order valence-corrected chi connectivity index (χ3v) is 7.56. The molecule has 1 saturated carbocycles. The molecule has 1 fully saturated rings. The van der Waals surface area contributed by atoms with Gasteiger partial charge in [0.05, 0.1) is 35.4 Å². The van der Waals surface area contributed by atoms with Crippen molar-refractivity contribution in [2.45, 2.75) is 49.5 Å². The number of nitrogens with zero attached hydrogens (tertiary/aromatic N) is 2. The fourth-order valence-electron chi connectivity index (χ4n) is 3.56. The van der Waals surface area contributed by atoms with E-state index >= 15 is 0 Å². The van der Waals surface area contributed by atoms with Crippen molar-refractivity contribution in [1.82, 2.24) is 9.55 Å². The number of hydrogen-bond acceptors (Lipinski definition) is 6. The minimum absolute atomic E-state index is 0.0761. The van der Waals surface area contributed by atoms with Crippen molar-refractivity contribution in [2.24, 2.45) is 5.92 Å². The molecule has 0 N–H and O–H groups in total. The van der Waals surface area contributed by atoms with Gasteiger partial charge in [0.25, 0.3) is 0 Å². The molecule has 1 aromatic carbocycles. The summed E-state index contributed by atoms with van der Waals surface area (Å²) in [5, 5.41) is 1.17. The Hall–Kier alpha value is -2.33. The van der Waals surface area contributed by atoms with Gasteiger partial charge < -0.3 is 9.30 Å². The second-order valence-electron chi connectivity index (χ2n) is 7.94. The number of esters is 1. The van der Waals surface area contributed by atoms with Gasteiger partial charge in [0.15, 0.2) is 5.78 Å². The van der Waals surface area contributed by atoms with Crippen molar-refractivity contribution >= 4 is 45.8 Å². The predicted molar refractivity (Wildman–Crippen MR) is 122 cm³/mol.